The number of nitro benzene ring substituents is 1. The molecule has 1 aliphatic carbocycles. The van der Waals surface area contributed by atoms with Gasteiger partial charge in [0.25, 0.3) is 5.69 Å². The summed E-state index contributed by atoms with van der Waals surface area (Å²) in [4.78, 5) is 33.9. The van der Waals surface area contributed by atoms with Crippen molar-refractivity contribution < 1.29 is 19.2 Å². The van der Waals surface area contributed by atoms with Crippen LogP contribution in [0.3, 0.4) is 0 Å². The van der Waals surface area contributed by atoms with Gasteiger partial charge in [0.2, 0.25) is 5.91 Å². The maximum atomic E-state index is 12.1. The van der Waals surface area contributed by atoms with Crippen molar-refractivity contribution in [1.29, 1.82) is 0 Å². The van der Waals surface area contributed by atoms with E-state index in [4.69, 9.17) is 4.74 Å². The Hall–Kier alpha value is -2.44. The zero-order valence-corrected chi connectivity index (χ0v) is 11.6. The van der Waals surface area contributed by atoms with Gasteiger partial charge in [0.1, 0.15) is 5.75 Å². The summed E-state index contributed by atoms with van der Waals surface area (Å²) in [7, 11) is 1.42. The zero-order valence-electron chi connectivity index (χ0n) is 11.6. The maximum Gasteiger partial charge on any atom is 0.280 e. The molecule has 1 N–H and O–H groups in total. The van der Waals surface area contributed by atoms with E-state index in [0.29, 0.717) is 5.75 Å². The van der Waals surface area contributed by atoms with Crippen molar-refractivity contribution in [3.8, 4) is 5.75 Å². The van der Waals surface area contributed by atoms with E-state index in [2.05, 4.69) is 5.32 Å². The summed E-state index contributed by atoms with van der Waals surface area (Å²) in [6, 6.07) is 4.03. The smallest absolute Gasteiger partial charge is 0.280 e. The molecule has 2 rings (SSSR count). The monoisotopic (exact) mass is 292 g/mol. The van der Waals surface area contributed by atoms with Crippen LogP contribution in [-0.2, 0) is 4.79 Å². The lowest BCUT2D eigenvalue weighted by Gasteiger charge is -2.06. The molecule has 1 aliphatic rings. The van der Waals surface area contributed by atoms with Gasteiger partial charge in [-0.15, -0.1) is 0 Å². The van der Waals surface area contributed by atoms with Gasteiger partial charge in [-0.3, -0.25) is 19.7 Å². The molecule has 0 radical (unpaired) electrons. The van der Waals surface area contributed by atoms with E-state index in [1.165, 1.54) is 25.3 Å². The Balaban J connectivity index is 2.02. The van der Waals surface area contributed by atoms with E-state index in [1.54, 1.807) is 0 Å². The van der Waals surface area contributed by atoms with Gasteiger partial charge in [0.05, 0.1) is 17.6 Å². The van der Waals surface area contributed by atoms with E-state index >= 15 is 0 Å². The molecule has 1 fully saturated rings. The van der Waals surface area contributed by atoms with Crippen LogP contribution in [0.1, 0.15) is 29.6 Å². The second-order valence-electron chi connectivity index (χ2n) is 4.88. The zero-order chi connectivity index (χ0) is 15.4. The molecule has 0 heterocycles. The molecule has 7 nitrogen and oxygen atoms in total. The lowest BCUT2D eigenvalue weighted by atomic mass is 10.1. The number of hydrogen-bond donors (Lipinski definition) is 1. The average Bonchev–Trinajstić information content (AvgIpc) is 3.30. The number of nitrogens with one attached hydrogen (secondary N) is 1. The topological polar surface area (TPSA) is 98.5 Å². The highest BCUT2D eigenvalue weighted by Crippen LogP contribution is 2.29. The highest BCUT2D eigenvalue weighted by molar-refractivity contribution is 6.00. The van der Waals surface area contributed by atoms with Crippen molar-refractivity contribution in [3.05, 3.63) is 33.9 Å². The Morgan fingerprint density at radius 3 is 2.71 bits per heavy atom. The number of nitro groups is 1. The van der Waals surface area contributed by atoms with Crippen LogP contribution in [0.15, 0.2) is 18.2 Å². The van der Waals surface area contributed by atoms with Crippen molar-refractivity contribution in [1.82, 2.24) is 5.32 Å². The fourth-order valence-electron chi connectivity index (χ4n) is 1.95. The van der Waals surface area contributed by atoms with E-state index in [0.717, 1.165) is 12.8 Å². The van der Waals surface area contributed by atoms with Crippen molar-refractivity contribution in [2.45, 2.75) is 19.3 Å². The Kier molecular flexibility index (Phi) is 4.52. The molecule has 0 atom stereocenters. The molecule has 0 spiro atoms. The summed E-state index contributed by atoms with van der Waals surface area (Å²) in [6.07, 6.45) is 1.80. The Labute approximate surface area is 121 Å². The van der Waals surface area contributed by atoms with Crippen LogP contribution in [0.2, 0.25) is 0 Å². The van der Waals surface area contributed by atoms with Crippen LogP contribution in [0.4, 0.5) is 5.69 Å². The highest BCUT2D eigenvalue weighted by atomic mass is 16.6. The Morgan fingerprint density at radius 1 is 1.43 bits per heavy atom. The third kappa shape index (κ3) is 3.77. The quantitative estimate of drug-likeness (QED) is 0.468. The number of methoxy groups -OCH3 is 1. The lowest BCUT2D eigenvalue weighted by Crippen LogP contribution is -2.27. The minimum absolute atomic E-state index is 0.0000194. The van der Waals surface area contributed by atoms with E-state index in [-0.39, 0.29) is 36.0 Å². The fourth-order valence-corrected chi connectivity index (χ4v) is 1.95. The first kappa shape index (κ1) is 15.0. The van der Waals surface area contributed by atoms with Gasteiger partial charge >= 0.3 is 0 Å². The molecule has 0 bridgehead atoms. The first-order valence-corrected chi connectivity index (χ1v) is 6.66. The second kappa shape index (κ2) is 6.34. The predicted molar refractivity (Wildman–Crippen MR) is 74.3 cm³/mol. The number of carbonyl (C=O) groups is 2. The van der Waals surface area contributed by atoms with Gasteiger partial charge in [-0.05, 0) is 25.0 Å². The number of Topliss-reactive ketones (excluding diaryl/α,β-unsaturated/α-hetero) is 1. The number of benzene rings is 1. The molecule has 1 amide bonds. The van der Waals surface area contributed by atoms with E-state index in [1.807, 2.05) is 0 Å². The second-order valence-corrected chi connectivity index (χ2v) is 4.88. The summed E-state index contributed by atoms with van der Waals surface area (Å²) < 4.78 is 4.98. The van der Waals surface area contributed by atoms with Gasteiger partial charge in [0, 0.05) is 24.9 Å². The predicted octanol–water partition coefficient (Wildman–Crippen LogP) is 1.70. The van der Waals surface area contributed by atoms with Crippen molar-refractivity contribution in [3.63, 3.8) is 0 Å². The largest absolute Gasteiger partial charge is 0.497 e. The number of ether oxygens (including phenoxy) is 1. The molecule has 112 valence electrons. The molecule has 1 aromatic rings. The molecule has 21 heavy (non-hydrogen) atoms. The van der Waals surface area contributed by atoms with Crippen LogP contribution < -0.4 is 10.1 Å². The highest BCUT2D eigenvalue weighted by Gasteiger charge is 2.29. The number of hydrogen-bond acceptors (Lipinski definition) is 5. The molecule has 1 aromatic carbocycles. The van der Waals surface area contributed by atoms with Crippen LogP contribution >= 0.6 is 0 Å². The molecule has 0 aliphatic heterocycles. The first-order chi connectivity index (χ1) is 10.0. The molecule has 7 heteroatoms. The van der Waals surface area contributed by atoms with E-state index in [9.17, 15) is 19.7 Å². The van der Waals surface area contributed by atoms with Crippen LogP contribution in [-0.4, -0.2) is 30.3 Å². The van der Waals surface area contributed by atoms with Crippen molar-refractivity contribution >= 4 is 17.4 Å². The summed E-state index contributed by atoms with van der Waals surface area (Å²) in [5, 5.41) is 13.6. The van der Waals surface area contributed by atoms with Crippen molar-refractivity contribution in [2.75, 3.05) is 13.7 Å². The number of ketones is 1. The molecule has 0 unspecified atom stereocenters. The van der Waals surface area contributed by atoms with Crippen molar-refractivity contribution in [2.24, 2.45) is 5.92 Å². The van der Waals surface area contributed by atoms with Gasteiger partial charge in [-0.1, -0.05) is 0 Å². The number of amides is 1. The number of carbonyl (C=O) groups excluding carboxylic acids is 2. The standard InChI is InChI=1S/C14H16N2O5/c1-21-10-4-5-12(16(19)20)11(8-10)13(17)6-7-15-14(18)9-2-3-9/h4-5,8-9H,2-3,6-7H2,1H3,(H,15,18). The van der Waals surface area contributed by atoms with Gasteiger partial charge in [-0.2, -0.15) is 0 Å². The normalized spacial score (nSPS) is 13.6. The van der Waals surface area contributed by atoms with Gasteiger partial charge in [0.15, 0.2) is 5.78 Å². The lowest BCUT2D eigenvalue weighted by molar-refractivity contribution is -0.385. The maximum absolute atomic E-state index is 12.1. The van der Waals surface area contributed by atoms with Gasteiger partial charge in [-0.25, -0.2) is 0 Å². The Bertz CT molecular complexity index is 581. The van der Waals surface area contributed by atoms with Crippen LogP contribution in [0.5, 0.6) is 5.75 Å². The molecule has 0 aromatic heterocycles. The minimum atomic E-state index is -0.602. The summed E-state index contributed by atoms with van der Waals surface area (Å²) in [5.41, 5.74) is -0.255. The minimum Gasteiger partial charge on any atom is -0.497 e. The van der Waals surface area contributed by atoms with Crippen LogP contribution in [0, 0.1) is 16.0 Å². The van der Waals surface area contributed by atoms with E-state index < -0.39 is 10.7 Å². The summed E-state index contributed by atoms with van der Waals surface area (Å²) in [6.45, 7) is 0.183. The SMILES string of the molecule is COc1ccc([N+](=O)[O-])c(C(=O)CCNC(=O)C2CC2)c1. The molecular formula is C14H16N2O5. The summed E-state index contributed by atoms with van der Waals surface area (Å²) >= 11 is 0. The van der Waals surface area contributed by atoms with Crippen LogP contribution in [0.25, 0.3) is 0 Å². The van der Waals surface area contributed by atoms with Gasteiger partial charge < -0.3 is 10.1 Å². The third-order valence-corrected chi connectivity index (χ3v) is 3.30. The fraction of sp³-hybridized carbons (Fsp3) is 0.429. The third-order valence-electron chi connectivity index (χ3n) is 3.30. The molecule has 0 saturated heterocycles. The number of rotatable bonds is 7. The number of nitrogens with zero attached hydrogens (tertiary/aromatic N) is 1. The molecular weight excluding hydrogens is 276 g/mol. The Morgan fingerprint density at radius 2 is 2.14 bits per heavy atom. The molecule has 1 saturated carbocycles. The average molecular weight is 292 g/mol. The first-order valence-electron chi connectivity index (χ1n) is 6.66. The summed E-state index contributed by atoms with van der Waals surface area (Å²) in [5.74, 6) is 0.0110.